The summed E-state index contributed by atoms with van der Waals surface area (Å²) in [5.74, 6) is -1.90. The number of carbonyl (C=O) groups is 2. The number of hydrogen-bond acceptors (Lipinski definition) is 6. The predicted octanol–water partition coefficient (Wildman–Crippen LogP) is 0.727. The van der Waals surface area contributed by atoms with Crippen LogP contribution < -0.4 is 5.32 Å². The number of carboxylic acid groups (broad SMARTS) is 1. The van der Waals surface area contributed by atoms with E-state index in [1.54, 1.807) is 0 Å². The highest BCUT2D eigenvalue weighted by Crippen LogP contribution is 2.26. The average Bonchev–Trinajstić information content (AvgIpc) is 2.61. The fraction of sp³-hybridized carbons (Fsp3) is 0.467. The summed E-state index contributed by atoms with van der Waals surface area (Å²) in [6.45, 7) is 1.40. The van der Waals surface area contributed by atoms with Crippen LogP contribution in [-0.4, -0.2) is 53.3 Å². The van der Waals surface area contributed by atoms with Gasteiger partial charge >= 0.3 is 5.97 Å². The number of sulfonamides is 1. The molecule has 0 saturated carbocycles. The number of non-ortho nitro benzene ring substituents is 1. The van der Waals surface area contributed by atoms with Crippen LogP contribution in [0.15, 0.2) is 29.2 Å². The number of aliphatic carboxylic acids is 1. The van der Waals surface area contributed by atoms with Crippen LogP contribution in [0.3, 0.4) is 0 Å². The van der Waals surface area contributed by atoms with E-state index in [1.165, 1.54) is 6.92 Å². The Morgan fingerprint density at radius 1 is 1.31 bits per heavy atom. The third kappa shape index (κ3) is 4.17. The van der Waals surface area contributed by atoms with Crippen molar-refractivity contribution in [2.45, 2.75) is 43.2 Å². The molecule has 0 bridgehead atoms. The highest BCUT2D eigenvalue weighted by molar-refractivity contribution is 7.89. The molecule has 26 heavy (non-hydrogen) atoms. The number of nitrogens with one attached hydrogen (secondary N) is 1. The molecule has 2 N–H and O–H groups in total. The molecule has 2 rings (SSSR count). The number of nitro groups is 1. The van der Waals surface area contributed by atoms with Gasteiger partial charge in [-0.05, 0) is 31.9 Å². The van der Waals surface area contributed by atoms with Crippen molar-refractivity contribution in [2.24, 2.45) is 0 Å². The minimum atomic E-state index is -4.05. The molecule has 11 heteroatoms. The number of hydrogen-bond donors (Lipinski definition) is 2. The fourth-order valence-electron chi connectivity index (χ4n) is 2.70. The number of nitrogens with zero attached hydrogens (tertiary/aromatic N) is 2. The van der Waals surface area contributed by atoms with E-state index in [0.717, 1.165) is 28.6 Å². The molecule has 10 nitrogen and oxygen atoms in total. The quantitative estimate of drug-likeness (QED) is 0.542. The summed E-state index contributed by atoms with van der Waals surface area (Å²) in [4.78, 5) is 33.2. The maximum atomic E-state index is 12.9. The average molecular weight is 385 g/mol. The molecule has 1 fully saturated rings. The van der Waals surface area contributed by atoms with Crippen molar-refractivity contribution < 1.29 is 28.0 Å². The van der Waals surface area contributed by atoms with Gasteiger partial charge in [-0.15, -0.1) is 0 Å². The van der Waals surface area contributed by atoms with Gasteiger partial charge in [0.25, 0.3) is 5.69 Å². The summed E-state index contributed by atoms with van der Waals surface area (Å²) in [6, 6.07) is 2.24. The second-order valence-corrected chi connectivity index (χ2v) is 7.84. The third-order valence-electron chi connectivity index (χ3n) is 4.14. The molecule has 0 aromatic heterocycles. The zero-order valence-corrected chi connectivity index (χ0v) is 14.8. The topological polar surface area (TPSA) is 147 Å². The van der Waals surface area contributed by atoms with Crippen molar-refractivity contribution in [3.8, 4) is 0 Å². The predicted molar refractivity (Wildman–Crippen MR) is 89.9 cm³/mol. The van der Waals surface area contributed by atoms with E-state index in [2.05, 4.69) is 5.32 Å². The molecule has 0 aliphatic carbocycles. The van der Waals surface area contributed by atoms with Crippen LogP contribution in [-0.2, 0) is 19.6 Å². The first-order valence-electron chi connectivity index (χ1n) is 7.94. The van der Waals surface area contributed by atoms with Gasteiger partial charge in [-0.1, -0.05) is 6.42 Å². The van der Waals surface area contributed by atoms with E-state index < -0.39 is 38.9 Å². The zero-order valence-electron chi connectivity index (χ0n) is 14.0. The normalized spacial score (nSPS) is 19.5. The number of benzene rings is 1. The van der Waals surface area contributed by atoms with Gasteiger partial charge in [-0.3, -0.25) is 19.7 Å². The van der Waals surface area contributed by atoms with Crippen molar-refractivity contribution in [3.05, 3.63) is 34.4 Å². The molecule has 0 radical (unpaired) electrons. The molecule has 0 spiro atoms. The minimum absolute atomic E-state index is 0.110. The van der Waals surface area contributed by atoms with E-state index in [-0.39, 0.29) is 23.5 Å². The Labute approximate surface area is 150 Å². The molecule has 2 atom stereocenters. The summed E-state index contributed by atoms with van der Waals surface area (Å²) in [5.41, 5.74) is -0.243. The van der Waals surface area contributed by atoms with Gasteiger partial charge in [0.05, 0.1) is 9.82 Å². The Kier molecular flexibility index (Phi) is 5.93. The highest BCUT2D eigenvalue weighted by atomic mass is 32.2. The molecule has 142 valence electrons. The van der Waals surface area contributed by atoms with Gasteiger partial charge < -0.3 is 10.4 Å². The Morgan fingerprint density at radius 3 is 2.46 bits per heavy atom. The van der Waals surface area contributed by atoms with E-state index in [9.17, 15) is 28.1 Å². The van der Waals surface area contributed by atoms with Crippen LogP contribution >= 0.6 is 0 Å². The maximum absolute atomic E-state index is 12.9. The molecular weight excluding hydrogens is 366 g/mol. The van der Waals surface area contributed by atoms with E-state index in [4.69, 9.17) is 5.11 Å². The van der Waals surface area contributed by atoms with Crippen molar-refractivity contribution >= 4 is 27.6 Å². The lowest BCUT2D eigenvalue weighted by molar-refractivity contribution is -0.384. The van der Waals surface area contributed by atoms with Crippen LogP contribution in [0, 0.1) is 10.1 Å². The number of amides is 1. The van der Waals surface area contributed by atoms with Gasteiger partial charge in [-0.2, -0.15) is 4.31 Å². The standard InChI is InChI=1S/C15H19N3O7S/c1-10(15(20)21)16-14(19)13-4-2-3-9-17(13)26(24,25)12-7-5-11(6-8-12)18(22)23/h5-8,10,13H,2-4,9H2,1H3,(H,16,19)(H,20,21)/t10-,13?/m1/s1. The maximum Gasteiger partial charge on any atom is 0.325 e. The zero-order chi connectivity index (χ0) is 19.5. The number of piperidine rings is 1. The molecule has 1 heterocycles. The molecule has 1 aromatic carbocycles. The van der Waals surface area contributed by atoms with E-state index >= 15 is 0 Å². The van der Waals surface area contributed by atoms with Crippen molar-refractivity contribution in [3.63, 3.8) is 0 Å². The summed E-state index contributed by atoms with van der Waals surface area (Å²) in [5, 5.41) is 21.9. The van der Waals surface area contributed by atoms with Gasteiger partial charge in [0.2, 0.25) is 15.9 Å². The van der Waals surface area contributed by atoms with Crippen LogP contribution in [0.1, 0.15) is 26.2 Å². The summed E-state index contributed by atoms with van der Waals surface area (Å²) in [6.07, 6.45) is 1.46. The smallest absolute Gasteiger partial charge is 0.325 e. The van der Waals surface area contributed by atoms with Crippen molar-refractivity contribution in [1.82, 2.24) is 9.62 Å². The van der Waals surface area contributed by atoms with Gasteiger partial charge in [0.15, 0.2) is 0 Å². The second kappa shape index (κ2) is 7.79. The molecule has 1 saturated heterocycles. The number of carboxylic acids is 1. The summed E-state index contributed by atoms with van der Waals surface area (Å²) in [7, 11) is -4.05. The lowest BCUT2D eigenvalue weighted by atomic mass is 10.0. The molecule has 1 aliphatic heterocycles. The monoisotopic (exact) mass is 385 g/mol. The van der Waals surface area contributed by atoms with Crippen molar-refractivity contribution in [1.29, 1.82) is 0 Å². The van der Waals surface area contributed by atoms with Gasteiger partial charge in [0, 0.05) is 18.7 Å². The molecule has 1 amide bonds. The lowest BCUT2D eigenvalue weighted by Gasteiger charge is -2.34. The third-order valence-corrected chi connectivity index (χ3v) is 6.06. The summed E-state index contributed by atoms with van der Waals surface area (Å²) < 4.78 is 26.8. The number of nitro benzene ring substituents is 1. The van der Waals surface area contributed by atoms with E-state index in [1.807, 2.05) is 0 Å². The number of carbonyl (C=O) groups excluding carboxylic acids is 1. The first-order chi connectivity index (χ1) is 12.1. The first-order valence-corrected chi connectivity index (χ1v) is 9.38. The largest absolute Gasteiger partial charge is 0.480 e. The van der Waals surface area contributed by atoms with Crippen LogP contribution in [0.2, 0.25) is 0 Å². The van der Waals surface area contributed by atoms with Gasteiger partial charge in [-0.25, -0.2) is 8.42 Å². The Balaban J connectivity index is 2.28. The lowest BCUT2D eigenvalue weighted by Crippen LogP contribution is -2.54. The minimum Gasteiger partial charge on any atom is -0.480 e. The Hall–Kier alpha value is -2.53. The Bertz CT molecular complexity index is 807. The van der Waals surface area contributed by atoms with Gasteiger partial charge in [0.1, 0.15) is 12.1 Å². The molecule has 1 aromatic rings. The highest BCUT2D eigenvalue weighted by Gasteiger charge is 2.38. The van der Waals surface area contributed by atoms with Crippen LogP contribution in [0.5, 0.6) is 0 Å². The first kappa shape index (κ1) is 19.8. The van der Waals surface area contributed by atoms with Crippen LogP contribution in [0.25, 0.3) is 0 Å². The second-order valence-electron chi connectivity index (χ2n) is 5.95. The van der Waals surface area contributed by atoms with E-state index in [0.29, 0.717) is 12.8 Å². The van der Waals surface area contributed by atoms with Crippen LogP contribution in [0.4, 0.5) is 5.69 Å². The fourth-order valence-corrected chi connectivity index (χ4v) is 4.36. The number of rotatable bonds is 6. The molecular formula is C15H19N3O7S. The SMILES string of the molecule is C[C@@H](NC(=O)C1CCCCN1S(=O)(=O)c1ccc([N+](=O)[O-])cc1)C(=O)O. The Morgan fingerprint density at radius 2 is 1.92 bits per heavy atom. The molecule has 1 aliphatic rings. The molecule has 1 unspecified atom stereocenters. The van der Waals surface area contributed by atoms with Crippen molar-refractivity contribution in [2.75, 3.05) is 6.54 Å². The summed E-state index contributed by atoms with van der Waals surface area (Å²) >= 11 is 0.